The highest BCUT2D eigenvalue weighted by Crippen LogP contribution is 2.33. The van der Waals surface area contributed by atoms with E-state index in [1.165, 1.54) is 13.0 Å². The Kier molecular flexibility index (Phi) is 2.82. The first kappa shape index (κ1) is 11.4. The Morgan fingerprint density at radius 3 is 2.27 bits per heavy atom. The van der Waals surface area contributed by atoms with E-state index in [1.807, 2.05) is 0 Å². The third-order valence-electron chi connectivity index (χ3n) is 3.75. The van der Waals surface area contributed by atoms with E-state index in [-0.39, 0.29) is 0 Å². The van der Waals surface area contributed by atoms with E-state index in [0.29, 0.717) is 17.7 Å². The SMILES string of the molecule is CC(C)N1CCC2N(C1)CN2C(C)(C)C. The minimum absolute atomic E-state index is 0.334. The first-order valence-electron chi connectivity index (χ1n) is 6.14. The molecular formula is C12H25N3. The topological polar surface area (TPSA) is 9.72 Å². The van der Waals surface area contributed by atoms with Crippen LogP contribution in [0.1, 0.15) is 41.0 Å². The maximum absolute atomic E-state index is 2.62. The zero-order valence-corrected chi connectivity index (χ0v) is 10.8. The maximum Gasteiger partial charge on any atom is 0.0673 e. The summed E-state index contributed by atoms with van der Waals surface area (Å²) in [4.78, 5) is 7.77. The molecule has 0 bridgehead atoms. The summed E-state index contributed by atoms with van der Waals surface area (Å²) in [5.41, 5.74) is 0.334. The zero-order chi connectivity index (χ0) is 11.2. The molecular weight excluding hydrogens is 186 g/mol. The average Bonchev–Trinajstić information content (AvgIpc) is 2.03. The second kappa shape index (κ2) is 3.72. The van der Waals surface area contributed by atoms with Gasteiger partial charge in [-0.3, -0.25) is 14.7 Å². The Morgan fingerprint density at radius 1 is 1.13 bits per heavy atom. The molecule has 2 rings (SSSR count). The summed E-state index contributed by atoms with van der Waals surface area (Å²) >= 11 is 0. The molecule has 0 aromatic rings. The lowest BCUT2D eigenvalue weighted by atomic mass is 9.99. The highest BCUT2D eigenvalue weighted by atomic mass is 15.6. The maximum atomic E-state index is 2.62. The van der Waals surface area contributed by atoms with E-state index in [2.05, 4.69) is 49.3 Å². The minimum Gasteiger partial charge on any atom is -0.288 e. The van der Waals surface area contributed by atoms with Crippen LogP contribution in [0.15, 0.2) is 0 Å². The van der Waals surface area contributed by atoms with Crippen LogP contribution in [0, 0.1) is 0 Å². The summed E-state index contributed by atoms with van der Waals surface area (Å²) in [5.74, 6) is 0. The molecule has 88 valence electrons. The van der Waals surface area contributed by atoms with E-state index >= 15 is 0 Å². The van der Waals surface area contributed by atoms with Crippen LogP contribution in [-0.4, -0.2) is 52.3 Å². The smallest absolute Gasteiger partial charge is 0.0673 e. The molecule has 0 spiro atoms. The van der Waals surface area contributed by atoms with Crippen molar-refractivity contribution in [1.29, 1.82) is 0 Å². The molecule has 1 unspecified atom stereocenters. The van der Waals surface area contributed by atoms with Crippen LogP contribution in [0.4, 0.5) is 0 Å². The van der Waals surface area contributed by atoms with Gasteiger partial charge in [-0.15, -0.1) is 0 Å². The fourth-order valence-corrected chi connectivity index (χ4v) is 2.63. The van der Waals surface area contributed by atoms with E-state index in [0.717, 1.165) is 13.3 Å². The summed E-state index contributed by atoms with van der Waals surface area (Å²) in [6.07, 6.45) is 2.01. The molecule has 0 radical (unpaired) electrons. The Morgan fingerprint density at radius 2 is 1.80 bits per heavy atom. The van der Waals surface area contributed by atoms with E-state index in [1.54, 1.807) is 0 Å². The molecule has 1 atom stereocenters. The fraction of sp³-hybridized carbons (Fsp3) is 1.00. The highest BCUT2D eigenvalue weighted by molar-refractivity contribution is 4.93. The van der Waals surface area contributed by atoms with Crippen molar-refractivity contribution in [2.45, 2.75) is 58.8 Å². The van der Waals surface area contributed by atoms with Crippen LogP contribution in [0.2, 0.25) is 0 Å². The van der Waals surface area contributed by atoms with Gasteiger partial charge in [0.15, 0.2) is 0 Å². The number of nitrogens with zero attached hydrogens (tertiary/aromatic N) is 3. The number of fused-ring (bicyclic) bond motifs is 1. The standard InChI is InChI=1S/C12H25N3/c1-10(2)13-7-6-11-14(8-13)9-15(11)12(3,4)5/h10-11H,6-9H2,1-5H3. The first-order chi connectivity index (χ1) is 6.89. The summed E-state index contributed by atoms with van der Waals surface area (Å²) < 4.78 is 0. The van der Waals surface area contributed by atoms with Crippen molar-refractivity contribution in [3.63, 3.8) is 0 Å². The lowest BCUT2D eigenvalue weighted by Crippen LogP contribution is -2.73. The van der Waals surface area contributed by atoms with Crippen molar-refractivity contribution >= 4 is 0 Å². The largest absolute Gasteiger partial charge is 0.288 e. The van der Waals surface area contributed by atoms with Crippen LogP contribution in [0.25, 0.3) is 0 Å². The quantitative estimate of drug-likeness (QED) is 0.654. The van der Waals surface area contributed by atoms with Gasteiger partial charge in [0.05, 0.1) is 19.5 Å². The predicted octanol–water partition coefficient (Wildman–Crippen LogP) is 1.76. The summed E-state index contributed by atoms with van der Waals surface area (Å²) in [6.45, 7) is 15.1. The van der Waals surface area contributed by atoms with Crippen molar-refractivity contribution in [1.82, 2.24) is 14.7 Å². The van der Waals surface area contributed by atoms with Crippen LogP contribution < -0.4 is 0 Å². The third-order valence-corrected chi connectivity index (χ3v) is 3.75. The molecule has 15 heavy (non-hydrogen) atoms. The molecule has 0 aromatic carbocycles. The molecule has 0 aliphatic carbocycles. The molecule has 2 saturated heterocycles. The van der Waals surface area contributed by atoms with Gasteiger partial charge in [0.2, 0.25) is 0 Å². The summed E-state index contributed by atoms with van der Waals surface area (Å²) in [6, 6.07) is 0.689. The second-order valence-electron chi connectivity index (χ2n) is 6.19. The Balaban J connectivity index is 1.91. The van der Waals surface area contributed by atoms with Crippen molar-refractivity contribution in [3.05, 3.63) is 0 Å². The number of rotatable bonds is 1. The van der Waals surface area contributed by atoms with E-state index in [4.69, 9.17) is 0 Å². The van der Waals surface area contributed by atoms with Gasteiger partial charge in [0, 0.05) is 18.1 Å². The predicted molar refractivity (Wildman–Crippen MR) is 63.4 cm³/mol. The Bertz CT molecular complexity index is 232. The van der Waals surface area contributed by atoms with Gasteiger partial charge in [-0.05, 0) is 41.0 Å². The normalized spacial score (nSPS) is 30.4. The average molecular weight is 211 g/mol. The van der Waals surface area contributed by atoms with Crippen LogP contribution in [0.3, 0.4) is 0 Å². The fourth-order valence-electron chi connectivity index (χ4n) is 2.63. The van der Waals surface area contributed by atoms with Gasteiger partial charge < -0.3 is 0 Å². The molecule has 2 aliphatic heterocycles. The molecule has 2 aliphatic rings. The van der Waals surface area contributed by atoms with E-state index < -0.39 is 0 Å². The number of hydrogen-bond donors (Lipinski definition) is 0. The van der Waals surface area contributed by atoms with Crippen molar-refractivity contribution in [2.75, 3.05) is 19.9 Å². The van der Waals surface area contributed by atoms with Gasteiger partial charge in [0.25, 0.3) is 0 Å². The Hall–Kier alpha value is -0.120. The molecule has 0 N–H and O–H groups in total. The Labute approximate surface area is 94.0 Å². The lowest BCUT2D eigenvalue weighted by molar-refractivity contribution is -0.199. The zero-order valence-electron chi connectivity index (χ0n) is 10.8. The van der Waals surface area contributed by atoms with E-state index in [9.17, 15) is 0 Å². The third kappa shape index (κ3) is 2.05. The van der Waals surface area contributed by atoms with Crippen LogP contribution in [0.5, 0.6) is 0 Å². The van der Waals surface area contributed by atoms with Crippen molar-refractivity contribution in [2.24, 2.45) is 0 Å². The van der Waals surface area contributed by atoms with Gasteiger partial charge >= 0.3 is 0 Å². The van der Waals surface area contributed by atoms with Crippen molar-refractivity contribution < 1.29 is 0 Å². The molecule has 3 nitrogen and oxygen atoms in total. The first-order valence-corrected chi connectivity index (χ1v) is 6.14. The summed E-state index contributed by atoms with van der Waals surface area (Å²) in [5, 5.41) is 0. The molecule has 0 aromatic heterocycles. The second-order valence-corrected chi connectivity index (χ2v) is 6.19. The lowest BCUT2D eigenvalue weighted by Gasteiger charge is -2.60. The molecule has 2 fully saturated rings. The highest BCUT2D eigenvalue weighted by Gasteiger charge is 2.44. The van der Waals surface area contributed by atoms with Crippen LogP contribution in [-0.2, 0) is 0 Å². The monoisotopic (exact) mass is 211 g/mol. The number of hydrogen-bond acceptors (Lipinski definition) is 3. The van der Waals surface area contributed by atoms with Gasteiger partial charge in [0.1, 0.15) is 0 Å². The molecule has 2 heterocycles. The van der Waals surface area contributed by atoms with Crippen LogP contribution >= 0.6 is 0 Å². The molecule has 0 amide bonds. The summed E-state index contributed by atoms with van der Waals surface area (Å²) in [7, 11) is 0. The van der Waals surface area contributed by atoms with Gasteiger partial charge in [-0.25, -0.2) is 0 Å². The van der Waals surface area contributed by atoms with Crippen molar-refractivity contribution in [3.8, 4) is 0 Å². The van der Waals surface area contributed by atoms with Gasteiger partial charge in [-0.1, -0.05) is 0 Å². The minimum atomic E-state index is 0.334. The van der Waals surface area contributed by atoms with Gasteiger partial charge in [-0.2, -0.15) is 0 Å². The molecule has 0 saturated carbocycles. The molecule has 3 heteroatoms.